The third kappa shape index (κ3) is 6.16. The summed E-state index contributed by atoms with van der Waals surface area (Å²) in [5.74, 6) is 1.71. The lowest BCUT2D eigenvalue weighted by Gasteiger charge is -2.27. The van der Waals surface area contributed by atoms with Crippen LogP contribution in [0.5, 0.6) is 5.75 Å². The molecule has 2 aromatic carbocycles. The van der Waals surface area contributed by atoms with Gasteiger partial charge in [0.05, 0.1) is 19.2 Å². The molecule has 0 aliphatic rings. The number of ether oxygens (including phenoxy) is 2. The molecule has 0 bridgehead atoms. The number of rotatable bonds is 10. The van der Waals surface area contributed by atoms with E-state index in [0.717, 1.165) is 11.1 Å². The molecule has 0 aliphatic carbocycles. The molecule has 0 fully saturated rings. The molecule has 3 aromatic rings. The van der Waals surface area contributed by atoms with Gasteiger partial charge in [-0.2, -0.15) is 4.98 Å². The normalized spacial score (nSPS) is 11.8. The van der Waals surface area contributed by atoms with E-state index in [9.17, 15) is 9.59 Å². The minimum Gasteiger partial charge on any atom is -0.485 e. The lowest BCUT2D eigenvalue weighted by Crippen LogP contribution is -2.36. The molecule has 8 heteroatoms. The Hall–Kier alpha value is -3.68. The Kier molecular flexibility index (Phi) is 7.96. The Labute approximate surface area is 187 Å². The highest BCUT2D eigenvalue weighted by Gasteiger charge is 2.23. The van der Waals surface area contributed by atoms with Crippen molar-refractivity contribution in [2.24, 2.45) is 5.92 Å². The molecule has 1 aromatic heterocycles. The molecular weight excluding hydrogens is 410 g/mol. The summed E-state index contributed by atoms with van der Waals surface area (Å²) in [4.78, 5) is 29.2. The number of aldehydes is 1. The minimum atomic E-state index is -0.509. The van der Waals surface area contributed by atoms with Gasteiger partial charge in [-0.3, -0.25) is 4.90 Å². The first kappa shape index (κ1) is 23.0. The van der Waals surface area contributed by atoms with Crippen LogP contribution in [0.4, 0.5) is 4.79 Å². The fourth-order valence-corrected chi connectivity index (χ4v) is 2.97. The molecule has 1 atom stereocenters. The van der Waals surface area contributed by atoms with Crippen molar-refractivity contribution < 1.29 is 23.6 Å². The van der Waals surface area contributed by atoms with Gasteiger partial charge in [-0.05, 0) is 42.7 Å². The number of hydrogen-bond donors (Lipinski definition) is 0. The van der Waals surface area contributed by atoms with Gasteiger partial charge in [0.1, 0.15) is 12.0 Å². The van der Waals surface area contributed by atoms with E-state index in [-0.39, 0.29) is 25.1 Å². The Balaban J connectivity index is 1.59. The number of benzene rings is 2. The van der Waals surface area contributed by atoms with Gasteiger partial charge < -0.3 is 18.8 Å². The zero-order valence-electron chi connectivity index (χ0n) is 18.4. The summed E-state index contributed by atoms with van der Waals surface area (Å²) in [6.45, 7) is 6.17. The number of nitrogens with zero attached hydrogens (tertiary/aromatic N) is 3. The van der Waals surface area contributed by atoms with Crippen LogP contribution in [0.1, 0.15) is 38.2 Å². The molecular formula is C24H27N3O5. The van der Waals surface area contributed by atoms with E-state index in [1.165, 1.54) is 4.90 Å². The fraction of sp³-hybridized carbons (Fsp3) is 0.333. The third-order valence-electron chi connectivity index (χ3n) is 4.73. The average molecular weight is 437 g/mol. The van der Waals surface area contributed by atoms with Crippen molar-refractivity contribution in [3.63, 3.8) is 0 Å². The van der Waals surface area contributed by atoms with Crippen LogP contribution in [-0.4, -0.2) is 40.6 Å². The van der Waals surface area contributed by atoms with Crippen LogP contribution in [0, 0.1) is 5.92 Å². The van der Waals surface area contributed by atoms with E-state index >= 15 is 0 Å². The summed E-state index contributed by atoms with van der Waals surface area (Å²) in [6.07, 6.45) is 0.184. The van der Waals surface area contributed by atoms with Crippen LogP contribution in [-0.2, 0) is 16.1 Å². The topological polar surface area (TPSA) is 94.8 Å². The SMILES string of the molecule is CC(C)COC(=O)N(CC=O)[C@H](C)c1ccc(OCc2noc(-c3ccccc3)n2)cc1. The number of amides is 1. The van der Waals surface area contributed by atoms with Crippen molar-refractivity contribution in [2.75, 3.05) is 13.2 Å². The van der Waals surface area contributed by atoms with E-state index in [1.54, 1.807) is 12.1 Å². The van der Waals surface area contributed by atoms with Gasteiger partial charge in [0.25, 0.3) is 5.89 Å². The zero-order valence-corrected chi connectivity index (χ0v) is 18.4. The summed E-state index contributed by atoms with van der Waals surface area (Å²) in [5, 5.41) is 3.94. The number of carbonyl (C=O) groups excluding carboxylic acids is 2. The van der Waals surface area contributed by atoms with E-state index in [0.29, 0.717) is 30.4 Å². The lowest BCUT2D eigenvalue weighted by molar-refractivity contribution is -0.109. The molecule has 0 saturated heterocycles. The molecule has 8 nitrogen and oxygen atoms in total. The van der Waals surface area contributed by atoms with Gasteiger partial charge in [0, 0.05) is 5.56 Å². The van der Waals surface area contributed by atoms with Gasteiger partial charge >= 0.3 is 6.09 Å². The van der Waals surface area contributed by atoms with Crippen molar-refractivity contribution in [3.8, 4) is 17.2 Å². The van der Waals surface area contributed by atoms with Crippen LogP contribution >= 0.6 is 0 Å². The summed E-state index contributed by atoms with van der Waals surface area (Å²) in [5.41, 5.74) is 1.70. The molecule has 1 heterocycles. The summed E-state index contributed by atoms with van der Waals surface area (Å²) in [6, 6.07) is 16.5. The number of hydrogen-bond acceptors (Lipinski definition) is 7. The van der Waals surface area contributed by atoms with Crippen molar-refractivity contribution in [2.45, 2.75) is 33.4 Å². The van der Waals surface area contributed by atoms with Crippen LogP contribution in [0.3, 0.4) is 0 Å². The van der Waals surface area contributed by atoms with Crippen LogP contribution in [0.25, 0.3) is 11.5 Å². The van der Waals surface area contributed by atoms with E-state index in [4.69, 9.17) is 14.0 Å². The van der Waals surface area contributed by atoms with E-state index < -0.39 is 6.09 Å². The van der Waals surface area contributed by atoms with Gasteiger partial charge in [-0.1, -0.05) is 49.3 Å². The standard InChI is InChI=1S/C24H27N3O5/c1-17(2)15-31-24(29)27(13-14-28)18(3)19-9-11-21(12-10-19)30-16-22-25-23(32-26-22)20-7-5-4-6-8-20/h4-12,14,17-18H,13,15-16H2,1-3H3/t18-/m1/s1. The van der Waals surface area contributed by atoms with Gasteiger partial charge in [-0.15, -0.1) is 0 Å². The predicted octanol–water partition coefficient (Wildman–Crippen LogP) is 4.67. The van der Waals surface area contributed by atoms with E-state index in [2.05, 4.69) is 10.1 Å². The predicted molar refractivity (Wildman–Crippen MR) is 118 cm³/mol. The van der Waals surface area contributed by atoms with Crippen LogP contribution in [0.15, 0.2) is 59.1 Å². The largest absolute Gasteiger partial charge is 0.485 e. The zero-order chi connectivity index (χ0) is 22.9. The highest BCUT2D eigenvalue weighted by atomic mass is 16.6. The van der Waals surface area contributed by atoms with Crippen LogP contribution in [0.2, 0.25) is 0 Å². The molecule has 168 valence electrons. The van der Waals surface area contributed by atoms with E-state index in [1.807, 2.05) is 63.2 Å². The molecule has 32 heavy (non-hydrogen) atoms. The maximum Gasteiger partial charge on any atom is 0.410 e. The molecule has 1 amide bonds. The minimum absolute atomic E-state index is 0.0437. The molecule has 0 unspecified atom stereocenters. The average Bonchev–Trinajstić information content (AvgIpc) is 3.29. The quantitative estimate of drug-likeness (QED) is 0.425. The molecule has 3 rings (SSSR count). The highest BCUT2D eigenvalue weighted by Crippen LogP contribution is 2.24. The fourth-order valence-electron chi connectivity index (χ4n) is 2.97. The maximum atomic E-state index is 12.4. The molecule has 0 aliphatic heterocycles. The molecule has 0 N–H and O–H groups in total. The summed E-state index contributed by atoms with van der Waals surface area (Å²) < 4.78 is 16.3. The molecule has 0 saturated carbocycles. The molecule has 0 radical (unpaired) electrons. The van der Waals surface area contributed by atoms with Gasteiger partial charge in [-0.25, -0.2) is 4.79 Å². The second kappa shape index (κ2) is 11.1. The third-order valence-corrected chi connectivity index (χ3v) is 4.73. The Morgan fingerprint density at radius 2 is 1.81 bits per heavy atom. The van der Waals surface area contributed by atoms with Crippen LogP contribution < -0.4 is 4.74 Å². The maximum absolute atomic E-state index is 12.4. The highest BCUT2D eigenvalue weighted by molar-refractivity contribution is 5.72. The molecule has 0 spiro atoms. The number of aromatic nitrogens is 2. The number of carbonyl (C=O) groups is 2. The van der Waals surface area contributed by atoms with Crippen molar-refractivity contribution in [1.82, 2.24) is 15.0 Å². The Morgan fingerprint density at radius 1 is 1.09 bits per heavy atom. The Morgan fingerprint density at radius 3 is 2.47 bits per heavy atom. The van der Waals surface area contributed by atoms with Gasteiger partial charge in [0.2, 0.25) is 5.82 Å². The van der Waals surface area contributed by atoms with Gasteiger partial charge in [0.15, 0.2) is 6.61 Å². The first-order valence-electron chi connectivity index (χ1n) is 10.5. The van der Waals surface area contributed by atoms with Crippen molar-refractivity contribution in [1.29, 1.82) is 0 Å². The summed E-state index contributed by atoms with van der Waals surface area (Å²) >= 11 is 0. The monoisotopic (exact) mass is 437 g/mol. The second-order valence-corrected chi connectivity index (χ2v) is 7.71. The lowest BCUT2D eigenvalue weighted by atomic mass is 10.1. The smallest absolute Gasteiger partial charge is 0.410 e. The first-order chi connectivity index (χ1) is 15.5. The van der Waals surface area contributed by atoms with Crippen molar-refractivity contribution in [3.05, 3.63) is 66.0 Å². The second-order valence-electron chi connectivity index (χ2n) is 7.71. The first-order valence-corrected chi connectivity index (χ1v) is 10.5. The van der Waals surface area contributed by atoms with Crippen molar-refractivity contribution >= 4 is 12.4 Å². The summed E-state index contributed by atoms with van der Waals surface area (Å²) in [7, 11) is 0. The Bertz CT molecular complexity index is 1000.